The number of anilines is 1. The van der Waals surface area contributed by atoms with E-state index in [0.29, 0.717) is 17.5 Å². The van der Waals surface area contributed by atoms with E-state index in [1.165, 1.54) is 17.8 Å². The van der Waals surface area contributed by atoms with Crippen molar-refractivity contribution in [3.63, 3.8) is 0 Å². The van der Waals surface area contributed by atoms with E-state index in [1.807, 2.05) is 52.4 Å². The highest BCUT2D eigenvalue weighted by molar-refractivity contribution is 7.99. The monoisotopic (exact) mass is 499 g/mol. The Bertz CT molecular complexity index is 1280. The molecular weight excluding hydrogens is 480 g/mol. The van der Waals surface area contributed by atoms with Crippen molar-refractivity contribution < 1.29 is 18.4 Å². The van der Waals surface area contributed by atoms with E-state index in [9.17, 15) is 18.4 Å². The van der Waals surface area contributed by atoms with Crippen LogP contribution in [0.5, 0.6) is 0 Å². The van der Waals surface area contributed by atoms with Crippen molar-refractivity contribution >= 4 is 40.6 Å². The van der Waals surface area contributed by atoms with E-state index < -0.39 is 17.5 Å². The van der Waals surface area contributed by atoms with Crippen LogP contribution < -0.4 is 10.6 Å². The molecule has 0 unspecified atom stereocenters. The molecule has 0 aliphatic heterocycles. The SMILES string of the molecule is O=C(CSc1nnc(-c2cccs2)n1Cc1ccccc1)NCC(=O)Nc1ccc(F)c(F)c1. The van der Waals surface area contributed by atoms with E-state index in [1.54, 1.807) is 11.3 Å². The van der Waals surface area contributed by atoms with E-state index >= 15 is 0 Å². The zero-order chi connectivity index (χ0) is 23.9. The zero-order valence-electron chi connectivity index (χ0n) is 17.7. The molecule has 34 heavy (non-hydrogen) atoms. The maximum Gasteiger partial charge on any atom is 0.243 e. The number of halogens is 2. The first-order valence-corrected chi connectivity index (χ1v) is 12.0. The maximum atomic E-state index is 13.3. The van der Waals surface area contributed by atoms with Gasteiger partial charge in [0.1, 0.15) is 0 Å². The molecule has 174 valence electrons. The van der Waals surface area contributed by atoms with Crippen molar-refractivity contribution in [2.75, 3.05) is 17.6 Å². The Hall–Kier alpha value is -3.57. The number of carbonyl (C=O) groups excluding carboxylic acids is 2. The lowest BCUT2D eigenvalue weighted by atomic mass is 10.2. The fourth-order valence-corrected chi connectivity index (χ4v) is 4.52. The molecule has 11 heteroatoms. The number of nitrogens with one attached hydrogen (secondary N) is 2. The molecule has 0 fully saturated rings. The molecule has 2 aromatic heterocycles. The number of aromatic nitrogens is 3. The quantitative estimate of drug-likeness (QED) is 0.337. The van der Waals surface area contributed by atoms with Crippen LogP contribution in [0, 0.1) is 11.6 Å². The van der Waals surface area contributed by atoms with Crippen LogP contribution in [-0.2, 0) is 16.1 Å². The minimum absolute atomic E-state index is 0.0236. The molecule has 2 aromatic carbocycles. The van der Waals surface area contributed by atoms with Crippen molar-refractivity contribution in [3.05, 3.63) is 83.2 Å². The van der Waals surface area contributed by atoms with Gasteiger partial charge in [-0.3, -0.25) is 14.2 Å². The average molecular weight is 500 g/mol. The summed E-state index contributed by atoms with van der Waals surface area (Å²) in [5.41, 5.74) is 1.17. The van der Waals surface area contributed by atoms with Gasteiger partial charge in [-0.1, -0.05) is 48.2 Å². The van der Waals surface area contributed by atoms with Gasteiger partial charge in [-0.15, -0.1) is 21.5 Å². The van der Waals surface area contributed by atoms with E-state index in [2.05, 4.69) is 20.8 Å². The summed E-state index contributed by atoms with van der Waals surface area (Å²) in [6.45, 7) is 0.233. The van der Waals surface area contributed by atoms with Crippen molar-refractivity contribution in [2.45, 2.75) is 11.7 Å². The minimum Gasteiger partial charge on any atom is -0.346 e. The molecule has 7 nitrogen and oxygen atoms in total. The molecule has 2 N–H and O–H groups in total. The minimum atomic E-state index is -1.07. The van der Waals surface area contributed by atoms with Gasteiger partial charge in [0.15, 0.2) is 22.6 Å². The van der Waals surface area contributed by atoms with E-state index in [4.69, 9.17) is 0 Å². The van der Waals surface area contributed by atoms with Crippen LogP contribution in [0.3, 0.4) is 0 Å². The highest BCUT2D eigenvalue weighted by Gasteiger charge is 2.17. The third-order valence-electron chi connectivity index (χ3n) is 4.62. The molecule has 2 amide bonds. The Balaban J connectivity index is 1.35. The Kier molecular flexibility index (Phi) is 7.65. The molecule has 2 heterocycles. The Morgan fingerprint density at radius 1 is 0.971 bits per heavy atom. The molecule has 0 spiro atoms. The number of rotatable bonds is 9. The van der Waals surface area contributed by atoms with Gasteiger partial charge in [-0.2, -0.15) is 0 Å². The summed E-state index contributed by atoms with van der Waals surface area (Å²) in [6, 6.07) is 16.8. The maximum absolute atomic E-state index is 13.3. The number of hydrogen-bond acceptors (Lipinski definition) is 6. The highest BCUT2D eigenvalue weighted by Crippen LogP contribution is 2.28. The zero-order valence-corrected chi connectivity index (χ0v) is 19.3. The van der Waals surface area contributed by atoms with Gasteiger partial charge in [0.25, 0.3) is 0 Å². The molecule has 0 aliphatic rings. The standard InChI is InChI=1S/C23H19F2N5O2S2/c24-17-9-8-16(11-18(17)25)27-20(31)12-26-21(32)14-34-23-29-28-22(19-7-4-10-33-19)30(23)13-15-5-2-1-3-6-15/h1-11H,12-14H2,(H,26,32)(H,27,31). The van der Waals surface area contributed by atoms with Crippen molar-refractivity contribution in [1.82, 2.24) is 20.1 Å². The van der Waals surface area contributed by atoms with Crippen molar-refractivity contribution in [3.8, 4) is 10.7 Å². The lowest BCUT2D eigenvalue weighted by Crippen LogP contribution is -2.34. The smallest absolute Gasteiger partial charge is 0.243 e. The number of hydrogen-bond donors (Lipinski definition) is 2. The third kappa shape index (κ3) is 6.06. The number of nitrogens with zero attached hydrogens (tertiary/aromatic N) is 3. The molecule has 4 rings (SSSR count). The second-order valence-corrected chi connectivity index (χ2v) is 8.99. The van der Waals surface area contributed by atoms with Crippen LogP contribution in [0.15, 0.2) is 71.2 Å². The number of benzene rings is 2. The second-order valence-electron chi connectivity index (χ2n) is 7.10. The van der Waals surface area contributed by atoms with Gasteiger partial charge in [0.2, 0.25) is 11.8 Å². The molecule has 0 radical (unpaired) electrons. The van der Waals surface area contributed by atoms with Crippen LogP contribution in [-0.4, -0.2) is 38.9 Å². The third-order valence-corrected chi connectivity index (χ3v) is 6.46. The summed E-state index contributed by atoms with van der Waals surface area (Å²) in [6.07, 6.45) is 0. The molecule has 4 aromatic rings. The average Bonchev–Trinajstić information content (AvgIpc) is 3.49. The Labute approximate surface area is 202 Å². The van der Waals surface area contributed by atoms with Crippen LogP contribution in [0.1, 0.15) is 5.56 Å². The van der Waals surface area contributed by atoms with E-state index in [-0.39, 0.29) is 23.9 Å². The molecule has 0 saturated heterocycles. The molecule has 0 saturated carbocycles. The van der Waals surface area contributed by atoms with E-state index in [0.717, 1.165) is 22.6 Å². The normalized spacial score (nSPS) is 10.8. The molecular formula is C23H19F2N5O2S2. The molecule has 0 aliphatic carbocycles. The Morgan fingerprint density at radius 3 is 2.53 bits per heavy atom. The molecule has 0 bridgehead atoms. The number of thiophene rings is 1. The van der Waals surface area contributed by atoms with Gasteiger partial charge in [-0.25, -0.2) is 8.78 Å². The van der Waals surface area contributed by atoms with Crippen LogP contribution in [0.4, 0.5) is 14.5 Å². The lowest BCUT2D eigenvalue weighted by molar-refractivity contribution is -0.122. The van der Waals surface area contributed by atoms with Gasteiger partial charge in [-0.05, 0) is 29.1 Å². The summed E-state index contributed by atoms with van der Waals surface area (Å²) in [7, 11) is 0. The largest absolute Gasteiger partial charge is 0.346 e. The first-order valence-electron chi connectivity index (χ1n) is 10.1. The van der Waals surface area contributed by atoms with Gasteiger partial charge < -0.3 is 10.6 Å². The number of carbonyl (C=O) groups is 2. The predicted molar refractivity (Wildman–Crippen MR) is 128 cm³/mol. The van der Waals surface area contributed by atoms with Crippen LogP contribution in [0.2, 0.25) is 0 Å². The topological polar surface area (TPSA) is 88.9 Å². The summed E-state index contributed by atoms with van der Waals surface area (Å²) in [5, 5.41) is 16.0. The van der Waals surface area contributed by atoms with Crippen LogP contribution in [0.25, 0.3) is 10.7 Å². The molecule has 0 atom stereocenters. The highest BCUT2D eigenvalue weighted by atomic mass is 32.2. The first kappa shape index (κ1) is 23.6. The summed E-state index contributed by atoms with van der Waals surface area (Å²) in [5.74, 6) is -2.28. The summed E-state index contributed by atoms with van der Waals surface area (Å²) >= 11 is 2.76. The summed E-state index contributed by atoms with van der Waals surface area (Å²) < 4.78 is 28.2. The summed E-state index contributed by atoms with van der Waals surface area (Å²) in [4.78, 5) is 25.3. The van der Waals surface area contributed by atoms with Crippen molar-refractivity contribution in [2.24, 2.45) is 0 Å². The Morgan fingerprint density at radius 2 is 1.79 bits per heavy atom. The first-order chi connectivity index (χ1) is 16.5. The fraction of sp³-hybridized carbons (Fsp3) is 0.130. The lowest BCUT2D eigenvalue weighted by Gasteiger charge is -2.10. The van der Waals surface area contributed by atoms with Gasteiger partial charge in [0, 0.05) is 11.8 Å². The number of thioether (sulfide) groups is 1. The van der Waals surface area contributed by atoms with Crippen LogP contribution >= 0.6 is 23.1 Å². The second kappa shape index (κ2) is 11.0. The number of amides is 2. The fourth-order valence-electron chi connectivity index (χ4n) is 3.03. The van der Waals surface area contributed by atoms with Gasteiger partial charge in [0.05, 0.1) is 23.7 Å². The predicted octanol–water partition coefficient (Wildman–Crippen LogP) is 4.18. The van der Waals surface area contributed by atoms with Gasteiger partial charge >= 0.3 is 0 Å². The van der Waals surface area contributed by atoms with Crippen molar-refractivity contribution in [1.29, 1.82) is 0 Å².